The number of nitrogens with zero attached hydrogens (tertiary/aromatic N) is 1. The molecule has 28 heavy (non-hydrogen) atoms. The summed E-state index contributed by atoms with van der Waals surface area (Å²) in [7, 11) is 0. The van der Waals surface area contributed by atoms with Crippen molar-refractivity contribution < 1.29 is 27.5 Å². The van der Waals surface area contributed by atoms with Crippen molar-refractivity contribution in [2.24, 2.45) is 5.73 Å². The fraction of sp³-hybridized carbons (Fsp3) is 0.300. The van der Waals surface area contributed by atoms with E-state index < -0.39 is 23.7 Å². The fourth-order valence-electron chi connectivity index (χ4n) is 3.05. The van der Waals surface area contributed by atoms with Gasteiger partial charge < -0.3 is 15.4 Å². The van der Waals surface area contributed by atoms with Crippen LogP contribution in [0.5, 0.6) is 5.75 Å². The molecule has 0 bridgehead atoms. The average Bonchev–Trinajstić information content (AvgIpc) is 2.65. The first-order valence-corrected chi connectivity index (χ1v) is 8.69. The molecule has 1 unspecified atom stereocenters. The SMILES string of the molecule is CC(C(N)=O)N1CCc2cc(OCc3ccc(C(F)(F)F)cc3)ccc2C1=O. The van der Waals surface area contributed by atoms with Crippen LogP contribution >= 0.6 is 0 Å². The minimum absolute atomic E-state index is 0.107. The summed E-state index contributed by atoms with van der Waals surface area (Å²) in [4.78, 5) is 25.3. The number of amides is 2. The summed E-state index contributed by atoms with van der Waals surface area (Å²) < 4.78 is 43.4. The summed E-state index contributed by atoms with van der Waals surface area (Å²) in [6, 6.07) is 9.07. The third-order valence-electron chi connectivity index (χ3n) is 4.76. The number of primary amides is 1. The number of halogens is 3. The Balaban J connectivity index is 1.68. The minimum atomic E-state index is -4.37. The van der Waals surface area contributed by atoms with E-state index in [9.17, 15) is 22.8 Å². The van der Waals surface area contributed by atoms with Gasteiger partial charge in [0.15, 0.2) is 0 Å². The van der Waals surface area contributed by atoms with Gasteiger partial charge in [-0.25, -0.2) is 0 Å². The Bertz CT molecular complexity index is 895. The number of hydrogen-bond donors (Lipinski definition) is 1. The average molecular weight is 392 g/mol. The van der Waals surface area contributed by atoms with Crippen LogP contribution in [0.1, 0.15) is 34.0 Å². The van der Waals surface area contributed by atoms with Crippen LogP contribution in [0.15, 0.2) is 42.5 Å². The summed E-state index contributed by atoms with van der Waals surface area (Å²) in [5, 5.41) is 0. The predicted molar refractivity (Wildman–Crippen MR) is 95.6 cm³/mol. The van der Waals surface area contributed by atoms with Gasteiger partial charge in [0, 0.05) is 12.1 Å². The zero-order valence-corrected chi connectivity index (χ0v) is 15.1. The molecule has 1 heterocycles. The van der Waals surface area contributed by atoms with Crippen LogP contribution in [0, 0.1) is 0 Å². The van der Waals surface area contributed by atoms with Gasteiger partial charge in [-0.15, -0.1) is 0 Å². The van der Waals surface area contributed by atoms with Crippen LogP contribution in [0.4, 0.5) is 13.2 Å². The van der Waals surface area contributed by atoms with Gasteiger partial charge in [0.25, 0.3) is 5.91 Å². The van der Waals surface area contributed by atoms with Crippen molar-refractivity contribution in [3.63, 3.8) is 0 Å². The third kappa shape index (κ3) is 4.11. The van der Waals surface area contributed by atoms with Crippen molar-refractivity contribution >= 4 is 11.8 Å². The van der Waals surface area contributed by atoms with Crippen molar-refractivity contribution in [1.82, 2.24) is 4.90 Å². The summed E-state index contributed by atoms with van der Waals surface area (Å²) in [6.45, 7) is 2.07. The molecule has 0 aliphatic carbocycles. The van der Waals surface area contributed by atoms with Gasteiger partial charge in [-0.2, -0.15) is 13.2 Å². The molecule has 0 fully saturated rings. The largest absolute Gasteiger partial charge is 0.489 e. The zero-order chi connectivity index (χ0) is 20.5. The molecule has 0 saturated heterocycles. The summed E-state index contributed by atoms with van der Waals surface area (Å²) >= 11 is 0. The first kappa shape index (κ1) is 19.7. The fourth-order valence-corrected chi connectivity index (χ4v) is 3.05. The highest BCUT2D eigenvalue weighted by molar-refractivity contribution is 5.99. The van der Waals surface area contributed by atoms with E-state index in [1.807, 2.05) is 0 Å². The molecule has 2 amide bonds. The Hall–Kier alpha value is -3.03. The number of carbonyl (C=O) groups is 2. The number of nitrogens with two attached hydrogens (primary N) is 1. The molecule has 1 aliphatic heterocycles. The quantitative estimate of drug-likeness (QED) is 0.850. The highest BCUT2D eigenvalue weighted by Gasteiger charge is 2.31. The van der Waals surface area contributed by atoms with Crippen LogP contribution in [-0.4, -0.2) is 29.3 Å². The maximum atomic E-state index is 12.6. The highest BCUT2D eigenvalue weighted by Crippen LogP contribution is 2.29. The van der Waals surface area contributed by atoms with Gasteiger partial charge in [-0.05, 0) is 54.8 Å². The summed E-state index contributed by atoms with van der Waals surface area (Å²) in [5.41, 5.74) is 6.46. The highest BCUT2D eigenvalue weighted by atomic mass is 19.4. The Kier molecular flexibility index (Phi) is 5.31. The normalized spacial score (nSPS) is 15.1. The van der Waals surface area contributed by atoms with Crippen molar-refractivity contribution in [2.75, 3.05) is 6.54 Å². The standard InChI is InChI=1S/C20H19F3N2O3/c1-12(18(24)26)25-9-8-14-10-16(6-7-17(14)19(25)27)28-11-13-2-4-15(5-3-13)20(21,22)23/h2-7,10,12H,8-9,11H2,1H3,(H2,24,26). The third-order valence-corrected chi connectivity index (χ3v) is 4.76. The van der Waals surface area contributed by atoms with Gasteiger partial charge in [-0.3, -0.25) is 9.59 Å². The van der Waals surface area contributed by atoms with E-state index in [0.717, 1.165) is 17.7 Å². The van der Waals surface area contributed by atoms with E-state index in [-0.39, 0.29) is 12.5 Å². The van der Waals surface area contributed by atoms with Crippen molar-refractivity contribution in [3.8, 4) is 5.75 Å². The molecule has 5 nitrogen and oxygen atoms in total. The smallest absolute Gasteiger partial charge is 0.416 e. The second-order valence-electron chi connectivity index (χ2n) is 6.63. The van der Waals surface area contributed by atoms with E-state index in [1.165, 1.54) is 17.0 Å². The first-order chi connectivity index (χ1) is 13.2. The second-order valence-corrected chi connectivity index (χ2v) is 6.63. The molecule has 1 aliphatic rings. The van der Waals surface area contributed by atoms with Gasteiger partial charge in [-0.1, -0.05) is 12.1 Å². The molecule has 0 saturated carbocycles. The van der Waals surface area contributed by atoms with E-state index >= 15 is 0 Å². The second kappa shape index (κ2) is 7.53. The molecule has 0 aromatic heterocycles. The first-order valence-electron chi connectivity index (χ1n) is 8.69. The van der Waals surface area contributed by atoms with E-state index in [2.05, 4.69) is 0 Å². The molecule has 0 radical (unpaired) electrons. The zero-order valence-electron chi connectivity index (χ0n) is 15.1. The summed E-state index contributed by atoms with van der Waals surface area (Å²) in [6.07, 6.45) is -3.82. The lowest BCUT2D eigenvalue weighted by atomic mass is 9.97. The maximum Gasteiger partial charge on any atom is 0.416 e. The molecule has 1 atom stereocenters. The number of carbonyl (C=O) groups excluding carboxylic acids is 2. The van der Waals surface area contributed by atoms with Crippen LogP contribution in [0.3, 0.4) is 0 Å². The van der Waals surface area contributed by atoms with Gasteiger partial charge >= 0.3 is 6.18 Å². The lowest BCUT2D eigenvalue weighted by Gasteiger charge is -2.32. The number of rotatable bonds is 5. The van der Waals surface area contributed by atoms with E-state index in [1.54, 1.807) is 25.1 Å². The van der Waals surface area contributed by atoms with E-state index in [0.29, 0.717) is 29.8 Å². The van der Waals surface area contributed by atoms with Crippen LogP contribution in [0.2, 0.25) is 0 Å². The Labute approximate surface area is 159 Å². The van der Waals surface area contributed by atoms with Crippen molar-refractivity contribution in [1.29, 1.82) is 0 Å². The maximum absolute atomic E-state index is 12.6. The topological polar surface area (TPSA) is 72.6 Å². The Morgan fingerprint density at radius 2 is 1.89 bits per heavy atom. The van der Waals surface area contributed by atoms with E-state index in [4.69, 9.17) is 10.5 Å². The Morgan fingerprint density at radius 1 is 1.21 bits per heavy atom. The molecule has 2 aromatic rings. The molecular formula is C20H19F3N2O3. The molecule has 0 spiro atoms. The molecule has 3 rings (SSSR count). The molecular weight excluding hydrogens is 373 g/mol. The van der Waals surface area contributed by atoms with Crippen LogP contribution in [-0.2, 0) is 24.0 Å². The minimum Gasteiger partial charge on any atom is -0.489 e. The lowest BCUT2D eigenvalue weighted by Crippen LogP contribution is -2.49. The molecule has 8 heteroatoms. The molecule has 2 aromatic carbocycles. The van der Waals surface area contributed by atoms with Crippen LogP contribution in [0.25, 0.3) is 0 Å². The van der Waals surface area contributed by atoms with Crippen molar-refractivity contribution in [3.05, 3.63) is 64.7 Å². The van der Waals surface area contributed by atoms with Gasteiger partial charge in [0.2, 0.25) is 5.91 Å². The van der Waals surface area contributed by atoms with Gasteiger partial charge in [0.1, 0.15) is 18.4 Å². The molecule has 2 N–H and O–H groups in total. The number of hydrogen-bond acceptors (Lipinski definition) is 3. The monoisotopic (exact) mass is 392 g/mol. The number of ether oxygens (including phenoxy) is 1. The number of fused-ring (bicyclic) bond motifs is 1. The predicted octanol–water partition coefficient (Wildman–Crippen LogP) is 3.16. The molecule has 148 valence electrons. The van der Waals surface area contributed by atoms with Crippen LogP contribution < -0.4 is 10.5 Å². The van der Waals surface area contributed by atoms with Gasteiger partial charge in [0.05, 0.1) is 5.56 Å². The number of alkyl halides is 3. The summed E-state index contributed by atoms with van der Waals surface area (Å²) in [5.74, 6) is -0.307. The lowest BCUT2D eigenvalue weighted by molar-refractivity contribution is -0.137. The van der Waals surface area contributed by atoms with Crippen molar-refractivity contribution in [2.45, 2.75) is 32.2 Å². The number of benzene rings is 2. The Morgan fingerprint density at radius 3 is 2.50 bits per heavy atom.